The van der Waals surface area contributed by atoms with Gasteiger partial charge >= 0.3 is 0 Å². The van der Waals surface area contributed by atoms with Gasteiger partial charge in [0.15, 0.2) is 6.61 Å². The van der Waals surface area contributed by atoms with Crippen LogP contribution in [0.2, 0.25) is 0 Å². The molecule has 0 atom stereocenters. The van der Waals surface area contributed by atoms with Gasteiger partial charge in [-0.15, -0.1) is 0 Å². The number of anilines is 1. The second-order valence-corrected chi connectivity index (χ2v) is 9.50. The molecule has 0 aromatic heterocycles. The average Bonchev–Trinajstić information content (AvgIpc) is 3.50. The number of ether oxygens (including phenoxy) is 1. The number of nitrogens with one attached hydrogen (secondary N) is 1. The van der Waals surface area contributed by atoms with Crippen molar-refractivity contribution in [2.75, 3.05) is 31.1 Å². The van der Waals surface area contributed by atoms with Crippen molar-refractivity contribution in [2.24, 2.45) is 0 Å². The molecule has 1 aromatic rings. The lowest BCUT2D eigenvalue weighted by Gasteiger charge is -2.30. The number of carbonyl (C=O) groups excluding carboxylic acids is 2. The van der Waals surface area contributed by atoms with E-state index in [0.29, 0.717) is 24.5 Å². The SMILES string of the molecule is O=C(CN1C(=O)COc2ccc(S(=O)(=O)N3CCCCCC3)cc21)NC1CC1. The molecule has 152 valence electrons. The molecule has 2 heterocycles. The number of carbonyl (C=O) groups is 2. The number of hydrogen-bond donors (Lipinski definition) is 1. The first-order valence-corrected chi connectivity index (χ1v) is 11.3. The molecule has 8 nitrogen and oxygen atoms in total. The van der Waals surface area contributed by atoms with Gasteiger partial charge in [0.2, 0.25) is 15.9 Å². The van der Waals surface area contributed by atoms with E-state index in [1.54, 1.807) is 6.07 Å². The number of rotatable bonds is 5. The first kappa shape index (κ1) is 19.2. The Hall–Kier alpha value is -2.13. The van der Waals surface area contributed by atoms with Crippen molar-refractivity contribution in [3.05, 3.63) is 18.2 Å². The van der Waals surface area contributed by atoms with Gasteiger partial charge in [-0.05, 0) is 43.9 Å². The summed E-state index contributed by atoms with van der Waals surface area (Å²) in [6.07, 6.45) is 5.67. The van der Waals surface area contributed by atoms with Gasteiger partial charge in [0, 0.05) is 19.1 Å². The summed E-state index contributed by atoms with van der Waals surface area (Å²) in [6.45, 7) is 0.700. The van der Waals surface area contributed by atoms with Crippen LogP contribution in [0.3, 0.4) is 0 Å². The molecule has 0 unspecified atom stereocenters. The molecule has 2 fully saturated rings. The van der Waals surface area contributed by atoms with Gasteiger partial charge in [-0.2, -0.15) is 4.31 Å². The minimum absolute atomic E-state index is 0.124. The maximum atomic E-state index is 13.1. The Balaban J connectivity index is 1.61. The normalized spacial score (nSPS) is 20.9. The standard InChI is InChI=1S/C19H25N3O5S/c23-18(20-14-5-6-14)12-22-16-11-15(7-8-17(16)27-13-19(22)24)28(25,26)21-9-3-1-2-4-10-21/h7-8,11,14H,1-6,9-10,12-13H2,(H,20,23). The molecule has 1 saturated heterocycles. The van der Waals surface area contributed by atoms with E-state index in [2.05, 4.69) is 5.32 Å². The molecule has 3 aliphatic rings. The molecule has 28 heavy (non-hydrogen) atoms. The Bertz CT molecular complexity index is 874. The maximum absolute atomic E-state index is 13.1. The van der Waals surface area contributed by atoms with E-state index < -0.39 is 10.0 Å². The zero-order chi connectivity index (χ0) is 19.7. The number of benzene rings is 1. The van der Waals surface area contributed by atoms with Crippen molar-refractivity contribution >= 4 is 27.5 Å². The fourth-order valence-corrected chi connectivity index (χ4v) is 5.13. The molecule has 0 spiro atoms. The molecule has 0 radical (unpaired) electrons. The first-order valence-electron chi connectivity index (χ1n) is 9.82. The fraction of sp³-hybridized carbons (Fsp3) is 0.579. The lowest BCUT2D eigenvalue weighted by Crippen LogP contribution is -2.45. The smallest absolute Gasteiger partial charge is 0.265 e. The Kier molecular flexibility index (Phi) is 5.29. The van der Waals surface area contributed by atoms with Crippen LogP contribution in [0.15, 0.2) is 23.1 Å². The number of fused-ring (bicyclic) bond motifs is 1. The minimum atomic E-state index is -3.66. The number of amides is 2. The van der Waals surface area contributed by atoms with Crippen molar-refractivity contribution in [1.82, 2.24) is 9.62 Å². The molecule has 2 aliphatic heterocycles. The highest BCUT2D eigenvalue weighted by molar-refractivity contribution is 7.89. The lowest BCUT2D eigenvalue weighted by atomic mass is 10.2. The van der Waals surface area contributed by atoms with E-state index in [4.69, 9.17) is 4.74 Å². The van der Waals surface area contributed by atoms with Crippen molar-refractivity contribution in [3.63, 3.8) is 0 Å². The molecular formula is C19H25N3O5S. The van der Waals surface area contributed by atoms with Gasteiger partial charge in [-0.1, -0.05) is 12.8 Å². The predicted octanol–water partition coefficient (Wildman–Crippen LogP) is 1.26. The molecule has 4 rings (SSSR count). The number of hydrogen-bond acceptors (Lipinski definition) is 5. The zero-order valence-corrected chi connectivity index (χ0v) is 16.5. The van der Waals surface area contributed by atoms with Gasteiger partial charge in [-0.3, -0.25) is 14.5 Å². The molecule has 1 aromatic carbocycles. The van der Waals surface area contributed by atoms with Crippen LogP contribution in [-0.2, 0) is 19.6 Å². The number of nitrogens with zero attached hydrogens (tertiary/aromatic N) is 2. The van der Waals surface area contributed by atoms with Crippen LogP contribution in [0.25, 0.3) is 0 Å². The van der Waals surface area contributed by atoms with Crippen molar-refractivity contribution < 1.29 is 22.7 Å². The quantitative estimate of drug-likeness (QED) is 0.793. The van der Waals surface area contributed by atoms with Gasteiger partial charge in [0.1, 0.15) is 12.3 Å². The minimum Gasteiger partial charge on any atom is -0.482 e. The van der Waals surface area contributed by atoms with Gasteiger partial charge in [0.05, 0.1) is 10.6 Å². The predicted molar refractivity (Wildman–Crippen MR) is 103 cm³/mol. The van der Waals surface area contributed by atoms with Crippen molar-refractivity contribution in [2.45, 2.75) is 49.5 Å². The number of sulfonamides is 1. The van der Waals surface area contributed by atoms with Crippen LogP contribution in [-0.4, -0.2) is 56.8 Å². The maximum Gasteiger partial charge on any atom is 0.265 e. The average molecular weight is 407 g/mol. The van der Waals surface area contributed by atoms with Crippen molar-refractivity contribution in [1.29, 1.82) is 0 Å². The molecule has 1 saturated carbocycles. The van der Waals surface area contributed by atoms with Crippen LogP contribution in [0, 0.1) is 0 Å². The topological polar surface area (TPSA) is 96.0 Å². The van der Waals surface area contributed by atoms with Crippen LogP contribution >= 0.6 is 0 Å². The van der Waals surface area contributed by atoms with E-state index >= 15 is 0 Å². The molecule has 1 N–H and O–H groups in total. The Morgan fingerprint density at radius 1 is 1.14 bits per heavy atom. The van der Waals surface area contributed by atoms with E-state index in [-0.39, 0.29) is 35.9 Å². The van der Waals surface area contributed by atoms with Crippen LogP contribution in [0.1, 0.15) is 38.5 Å². The van der Waals surface area contributed by atoms with Gasteiger partial charge in [0.25, 0.3) is 5.91 Å². The Labute approximate surface area is 164 Å². The van der Waals surface area contributed by atoms with Crippen LogP contribution < -0.4 is 15.0 Å². The largest absolute Gasteiger partial charge is 0.482 e. The van der Waals surface area contributed by atoms with Gasteiger partial charge in [-0.25, -0.2) is 8.42 Å². The highest BCUT2D eigenvalue weighted by atomic mass is 32.2. The van der Waals surface area contributed by atoms with Crippen molar-refractivity contribution in [3.8, 4) is 5.75 Å². The summed E-state index contributed by atoms with van der Waals surface area (Å²) in [5, 5.41) is 2.86. The second kappa shape index (κ2) is 7.71. The third-order valence-electron chi connectivity index (χ3n) is 5.32. The summed E-state index contributed by atoms with van der Waals surface area (Å²) in [5.74, 6) is -0.194. The highest BCUT2D eigenvalue weighted by Crippen LogP contribution is 2.35. The van der Waals surface area contributed by atoms with E-state index in [1.807, 2.05) is 0 Å². The summed E-state index contributed by atoms with van der Waals surface area (Å²) in [6, 6.07) is 4.73. The molecule has 2 amide bonds. The summed E-state index contributed by atoms with van der Waals surface area (Å²) in [4.78, 5) is 26.0. The Morgan fingerprint density at radius 3 is 2.54 bits per heavy atom. The fourth-order valence-electron chi connectivity index (χ4n) is 3.59. The highest BCUT2D eigenvalue weighted by Gasteiger charge is 2.32. The third-order valence-corrected chi connectivity index (χ3v) is 7.22. The molecule has 9 heteroatoms. The summed E-state index contributed by atoms with van der Waals surface area (Å²) in [7, 11) is -3.66. The van der Waals surface area contributed by atoms with Crippen LogP contribution in [0.5, 0.6) is 5.75 Å². The molecular weight excluding hydrogens is 382 g/mol. The zero-order valence-electron chi connectivity index (χ0n) is 15.7. The third kappa shape index (κ3) is 4.00. The monoisotopic (exact) mass is 407 g/mol. The van der Waals surface area contributed by atoms with E-state index in [0.717, 1.165) is 38.5 Å². The first-order chi connectivity index (χ1) is 13.4. The van der Waals surface area contributed by atoms with Gasteiger partial charge < -0.3 is 10.1 Å². The summed E-state index contributed by atoms with van der Waals surface area (Å²) in [5.41, 5.74) is 0.332. The molecule has 1 aliphatic carbocycles. The van der Waals surface area contributed by atoms with Crippen LogP contribution in [0.4, 0.5) is 5.69 Å². The lowest BCUT2D eigenvalue weighted by molar-refractivity contribution is -0.125. The molecule has 0 bridgehead atoms. The van der Waals surface area contributed by atoms with E-state index in [9.17, 15) is 18.0 Å². The van der Waals surface area contributed by atoms with E-state index in [1.165, 1.54) is 21.3 Å². The Morgan fingerprint density at radius 2 is 1.86 bits per heavy atom. The summed E-state index contributed by atoms with van der Waals surface area (Å²) >= 11 is 0. The summed E-state index contributed by atoms with van der Waals surface area (Å²) < 4.78 is 33.1. The second-order valence-electron chi connectivity index (χ2n) is 7.56.